The summed E-state index contributed by atoms with van der Waals surface area (Å²) in [6.07, 6.45) is 2.69. The molecule has 120 valence electrons. The standard InChI is InChI=1S/C17H37N3/c1-15(2)18(6)9-7-17(5)8-10-19-11-13-20(14-12-19)16(3)4/h15-17H,7-14H2,1-6H3. The Labute approximate surface area is 127 Å². The molecule has 3 nitrogen and oxygen atoms in total. The second kappa shape index (κ2) is 9.01. The fourth-order valence-corrected chi connectivity index (χ4v) is 2.73. The van der Waals surface area contributed by atoms with E-state index in [4.69, 9.17) is 0 Å². The van der Waals surface area contributed by atoms with Gasteiger partial charge in [0, 0.05) is 38.3 Å². The molecule has 1 atom stereocenters. The summed E-state index contributed by atoms with van der Waals surface area (Å²) >= 11 is 0. The van der Waals surface area contributed by atoms with E-state index in [1.54, 1.807) is 0 Å². The molecule has 0 radical (unpaired) electrons. The van der Waals surface area contributed by atoms with E-state index in [1.165, 1.54) is 52.1 Å². The van der Waals surface area contributed by atoms with Gasteiger partial charge in [0.2, 0.25) is 0 Å². The third kappa shape index (κ3) is 6.55. The molecular weight excluding hydrogens is 246 g/mol. The summed E-state index contributed by atoms with van der Waals surface area (Å²) in [5, 5.41) is 0. The Morgan fingerprint density at radius 3 is 2.00 bits per heavy atom. The van der Waals surface area contributed by atoms with Crippen molar-refractivity contribution in [2.45, 2.75) is 59.5 Å². The van der Waals surface area contributed by atoms with Gasteiger partial charge < -0.3 is 9.80 Å². The first-order valence-electron chi connectivity index (χ1n) is 8.56. The zero-order chi connectivity index (χ0) is 15.1. The van der Waals surface area contributed by atoms with Crippen LogP contribution in [0.2, 0.25) is 0 Å². The summed E-state index contributed by atoms with van der Waals surface area (Å²) < 4.78 is 0. The molecule has 0 aromatic rings. The molecule has 0 aromatic heterocycles. The second-order valence-electron chi connectivity index (χ2n) is 7.23. The predicted molar refractivity (Wildman–Crippen MR) is 89.3 cm³/mol. The fraction of sp³-hybridized carbons (Fsp3) is 1.00. The average molecular weight is 284 g/mol. The van der Waals surface area contributed by atoms with Crippen LogP contribution in [-0.2, 0) is 0 Å². The molecule has 0 spiro atoms. The number of hydrogen-bond donors (Lipinski definition) is 0. The highest BCUT2D eigenvalue weighted by Gasteiger charge is 2.18. The van der Waals surface area contributed by atoms with Crippen molar-refractivity contribution in [3.63, 3.8) is 0 Å². The third-order valence-electron chi connectivity index (χ3n) is 4.93. The molecule has 0 bridgehead atoms. The van der Waals surface area contributed by atoms with Gasteiger partial charge in [-0.15, -0.1) is 0 Å². The maximum atomic E-state index is 2.65. The SMILES string of the molecule is CC(CCN1CCN(C(C)C)CC1)CCN(C)C(C)C. The summed E-state index contributed by atoms with van der Waals surface area (Å²) in [5.41, 5.74) is 0. The summed E-state index contributed by atoms with van der Waals surface area (Å²) in [6.45, 7) is 19.1. The first kappa shape index (κ1) is 17.9. The van der Waals surface area contributed by atoms with Crippen molar-refractivity contribution in [2.75, 3.05) is 46.3 Å². The van der Waals surface area contributed by atoms with Crippen molar-refractivity contribution in [3.05, 3.63) is 0 Å². The van der Waals surface area contributed by atoms with Gasteiger partial charge in [0.25, 0.3) is 0 Å². The van der Waals surface area contributed by atoms with Gasteiger partial charge in [0.05, 0.1) is 0 Å². The van der Waals surface area contributed by atoms with Gasteiger partial charge in [-0.1, -0.05) is 6.92 Å². The van der Waals surface area contributed by atoms with Crippen LogP contribution in [0.15, 0.2) is 0 Å². The van der Waals surface area contributed by atoms with Gasteiger partial charge in [0.15, 0.2) is 0 Å². The molecule has 1 aliphatic rings. The molecule has 1 heterocycles. The van der Waals surface area contributed by atoms with Crippen molar-refractivity contribution in [3.8, 4) is 0 Å². The maximum absolute atomic E-state index is 2.65. The highest BCUT2D eigenvalue weighted by molar-refractivity contribution is 4.74. The van der Waals surface area contributed by atoms with Gasteiger partial charge in [-0.2, -0.15) is 0 Å². The quantitative estimate of drug-likeness (QED) is 0.678. The Kier molecular flexibility index (Phi) is 8.08. The van der Waals surface area contributed by atoms with E-state index in [1.807, 2.05) is 0 Å². The van der Waals surface area contributed by atoms with E-state index >= 15 is 0 Å². The molecule has 0 saturated carbocycles. The minimum absolute atomic E-state index is 0.673. The molecular formula is C17H37N3. The second-order valence-corrected chi connectivity index (χ2v) is 7.23. The zero-order valence-electron chi connectivity index (χ0n) is 14.7. The highest BCUT2D eigenvalue weighted by Crippen LogP contribution is 2.12. The Balaban J connectivity index is 2.11. The number of hydrogen-bond acceptors (Lipinski definition) is 3. The lowest BCUT2D eigenvalue weighted by Crippen LogP contribution is -2.49. The highest BCUT2D eigenvalue weighted by atomic mass is 15.3. The molecule has 0 N–H and O–H groups in total. The van der Waals surface area contributed by atoms with Crippen LogP contribution < -0.4 is 0 Å². The van der Waals surface area contributed by atoms with E-state index < -0.39 is 0 Å². The molecule has 0 amide bonds. The van der Waals surface area contributed by atoms with Crippen molar-refractivity contribution < 1.29 is 0 Å². The first-order valence-corrected chi connectivity index (χ1v) is 8.56. The molecule has 1 unspecified atom stereocenters. The van der Waals surface area contributed by atoms with E-state index in [2.05, 4.69) is 56.4 Å². The minimum Gasteiger partial charge on any atom is -0.304 e. The monoisotopic (exact) mass is 283 g/mol. The van der Waals surface area contributed by atoms with Crippen molar-refractivity contribution in [2.24, 2.45) is 5.92 Å². The van der Waals surface area contributed by atoms with Crippen molar-refractivity contribution in [1.82, 2.24) is 14.7 Å². The topological polar surface area (TPSA) is 9.72 Å². The van der Waals surface area contributed by atoms with Gasteiger partial charge in [-0.25, -0.2) is 0 Å². The first-order chi connectivity index (χ1) is 9.40. The van der Waals surface area contributed by atoms with Gasteiger partial charge in [-0.3, -0.25) is 4.90 Å². The van der Waals surface area contributed by atoms with Crippen LogP contribution in [0.25, 0.3) is 0 Å². The lowest BCUT2D eigenvalue weighted by atomic mass is 10.0. The minimum atomic E-state index is 0.673. The van der Waals surface area contributed by atoms with Crippen LogP contribution >= 0.6 is 0 Å². The molecule has 3 heteroatoms. The summed E-state index contributed by atoms with van der Waals surface area (Å²) in [4.78, 5) is 7.71. The van der Waals surface area contributed by atoms with E-state index in [-0.39, 0.29) is 0 Å². The van der Waals surface area contributed by atoms with Crippen molar-refractivity contribution >= 4 is 0 Å². The number of piperazine rings is 1. The number of rotatable bonds is 8. The smallest absolute Gasteiger partial charge is 0.0113 e. The largest absolute Gasteiger partial charge is 0.304 e. The van der Waals surface area contributed by atoms with Gasteiger partial charge in [0.1, 0.15) is 0 Å². The van der Waals surface area contributed by atoms with Crippen molar-refractivity contribution in [1.29, 1.82) is 0 Å². The van der Waals surface area contributed by atoms with Gasteiger partial charge in [-0.05, 0) is 66.6 Å². The average Bonchev–Trinajstić information content (AvgIpc) is 2.42. The molecule has 20 heavy (non-hydrogen) atoms. The predicted octanol–water partition coefficient (Wildman–Crippen LogP) is 2.77. The van der Waals surface area contributed by atoms with E-state index in [0.717, 1.165) is 5.92 Å². The summed E-state index contributed by atoms with van der Waals surface area (Å²) in [6, 6.07) is 1.38. The molecule has 1 rings (SSSR count). The molecule has 0 aliphatic carbocycles. The van der Waals surface area contributed by atoms with Crippen LogP contribution in [0.4, 0.5) is 0 Å². The summed E-state index contributed by atoms with van der Waals surface area (Å²) in [5.74, 6) is 0.847. The summed E-state index contributed by atoms with van der Waals surface area (Å²) in [7, 11) is 2.24. The number of nitrogens with zero attached hydrogens (tertiary/aromatic N) is 3. The maximum Gasteiger partial charge on any atom is 0.0113 e. The Hall–Kier alpha value is -0.120. The van der Waals surface area contributed by atoms with Crippen LogP contribution in [-0.4, -0.2) is 73.1 Å². The van der Waals surface area contributed by atoms with Crippen LogP contribution in [0.1, 0.15) is 47.5 Å². The Morgan fingerprint density at radius 1 is 0.900 bits per heavy atom. The van der Waals surface area contributed by atoms with E-state index in [0.29, 0.717) is 12.1 Å². The zero-order valence-corrected chi connectivity index (χ0v) is 14.7. The van der Waals surface area contributed by atoms with Crippen LogP contribution in [0.5, 0.6) is 0 Å². The van der Waals surface area contributed by atoms with Crippen LogP contribution in [0.3, 0.4) is 0 Å². The molecule has 0 aromatic carbocycles. The Bertz CT molecular complexity index is 245. The lowest BCUT2D eigenvalue weighted by molar-refractivity contribution is 0.104. The molecule has 1 fully saturated rings. The third-order valence-corrected chi connectivity index (χ3v) is 4.93. The molecule has 1 saturated heterocycles. The fourth-order valence-electron chi connectivity index (χ4n) is 2.73. The lowest BCUT2D eigenvalue weighted by Gasteiger charge is -2.37. The van der Waals surface area contributed by atoms with Gasteiger partial charge >= 0.3 is 0 Å². The van der Waals surface area contributed by atoms with E-state index in [9.17, 15) is 0 Å². The molecule has 1 aliphatic heterocycles. The normalized spacial score (nSPS) is 20.2. The Morgan fingerprint density at radius 2 is 1.50 bits per heavy atom. The van der Waals surface area contributed by atoms with Crippen LogP contribution in [0, 0.1) is 5.92 Å².